The van der Waals surface area contributed by atoms with Crippen LogP contribution in [0.15, 0.2) is 23.1 Å². The van der Waals surface area contributed by atoms with Gasteiger partial charge in [0, 0.05) is 13.1 Å². The van der Waals surface area contributed by atoms with E-state index in [-0.39, 0.29) is 34.8 Å². The number of fused-ring (bicyclic) bond motifs is 1. The molecular weight excluding hydrogens is 387 g/mol. The number of aryl methyl sites for hydroxylation is 1. The fraction of sp³-hybridized carbons (Fsp3) is 0.250. The molecule has 0 unspecified atom stereocenters. The van der Waals surface area contributed by atoms with Gasteiger partial charge in [-0.1, -0.05) is 11.6 Å². The van der Waals surface area contributed by atoms with E-state index in [9.17, 15) is 23.2 Å². The molecule has 0 atom stereocenters. The number of rotatable bonds is 4. The molecular formula is C16H11ClF3N5O2. The zero-order valence-electron chi connectivity index (χ0n) is 13.8. The molecule has 7 nitrogen and oxygen atoms in total. The average molecular weight is 398 g/mol. The van der Waals surface area contributed by atoms with Crippen LogP contribution in [-0.4, -0.2) is 33.2 Å². The summed E-state index contributed by atoms with van der Waals surface area (Å²) in [6.45, 7) is 1.29. The number of carbonyl (C=O) groups is 1. The summed E-state index contributed by atoms with van der Waals surface area (Å²) in [4.78, 5) is 19.0. The normalized spacial score (nSPS) is 11.6. The van der Waals surface area contributed by atoms with Gasteiger partial charge in [-0.05, 0) is 18.6 Å². The van der Waals surface area contributed by atoms with E-state index in [4.69, 9.17) is 16.0 Å². The number of carbonyl (C=O) groups excluding carboxylic acids is 1. The van der Waals surface area contributed by atoms with Gasteiger partial charge in [0.2, 0.25) is 0 Å². The summed E-state index contributed by atoms with van der Waals surface area (Å²) in [6.07, 6.45) is -2.38. The SMILES string of the molecule is Cc1ccoc1-c1c(C#N)c2ncnc(Cl)c2n1CCNC(=O)C(F)(F)F. The second kappa shape index (κ2) is 6.92. The predicted octanol–water partition coefficient (Wildman–Crippen LogP) is 3.20. The summed E-state index contributed by atoms with van der Waals surface area (Å²) in [5.41, 5.74) is 1.67. The fourth-order valence-electron chi connectivity index (χ4n) is 2.70. The molecule has 3 heterocycles. The van der Waals surface area contributed by atoms with Crippen LogP contribution >= 0.6 is 11.6 Å². The van der Waals surface area contributed by atoms with Crippen molar-refractivity contribution in [3.05, 3.63) is 34.9 Å². The van der Waals surface area contributed by atoms with E-state index in [1.807, 2.05) is 6.07 Å². The molecule has 0 aliphatic heterocycles. The number of hydrogen-bond donors (Lipinski definition) is 1. The summed E-state index contributed by atoms with van der Waals surface area (Å²) < 4.78 is 44.1. The Morgan fingerprint density at radius 3 is 2.78 bits per heavy atom. The van der Waals surface area contributed by atoms with Gasteiger partial charge in [0.05, 0.1) is 6.26 Å². The first-order chi connectivity index (χ1) is 12.8. The van der Waals surface area contributed by atoms with Crippen molar-refractivity contribution in [2.45, 2.75) is 19.6 Å². The first-order valence-electron chi connectivity index (χ1n) is 7.58. The fourth-order valence-corrected chi connectivity index (χ4v) is 2.94. The molecule has 0 fully saturated rings. The van der Waals surface area contributed by atoms with Crippen LogP contribution in [0.5, 0.6) is 0 Å². The molecule has 3 aromatic heterocycles. The number of aromatic nitrogens is 3. The molecule has 0 aliphatic rings. The zero-order chi connectivity index (χ0) is 19.8. The lowest BCUT2D eigenvalue weighted by Gasteiger charge is -2.12. The minimum absolute atomic E-state index is 0.0223. The number of alkyl halides is 3. The van der Waals surface area contributed by atoms with Gasteiger partial charge in [-0.2, -0.15) is 18.4 Å². The third-order valence-electron chi connectivity index (χ3n) is 3.86. The maximum Gasteiger partial charge on any atom is 0.471 e. The van der Waals surface area contributed by atoms with Crippen molar-refractivity contribution in [3.63, 3.8) is 0 Å². The Kier molecular flexibility index (Phi) is 4.80. The highest BCUT2D eigenvalue weighted by Gasteiger charge is 2.38. The second-order valence-corrected chi connectivity index (χ2v) is 5.89. The highest BCUT2D eigenvalue weighted by molar-refractivity contribution is 6.34. The smallest absolute Gasteiger partial charge is 0.462 e. The van der Waals surface area contributed by atoms with E-state index in [0.29, 0.717) is 17.0 Å². The van der Waals surface area contributed by atoms with Crippen LogP contribution in [0.4, 0.5) is 13.2 Å². The Bertz CT molecular complexity index is 1060. The van der Waals surface area contributed by atoms with Gasteiger partial charge in [0.25, 0.3) is 0 Å². The van der Waals surface area contributed by atoms with E-state index >= 15 is 0 Å². The molecule has 3 rings (SSSR count). The van der Waals surface area contributed by atoms with Gasteiger partial charge in [0.15, 0.2) is 10.9 Å². The average Bonchev–Trinajstić information content (AvgIpc) is 3.15. The molecule has 0 saturated carbocycles. The predicted molar refractivity (Wildman–Crippen MR) is 88.8 cm³/mol. The Hall–Kier alpha value is -3.06. The Balaban J connectivity index is 2.11. The topological polar surface area (TPSA) is 96.7 Å². The number of halogens is 4. The minimum atomic E-state index is -4.99. The first-order valence-corrected chi connectivity index (χ1v) is 7.95. The Labute approximate surface area is 155 Å². The standard InChI is InChI=1S/C16H11ClF3N5O2/c1-8-2-5-27-13(8)11-9(6-21)10-12(14(17)24-7-23-10)25(11)4-3-22-15(26)16(18,19)20/h2,5,7H,3-4H2,1H3,(H,22,26). The molecule has 27 heavy (non-hydrogen) atoms. The Morgan fingerprint density at radius 1 is 1.44 bits per heavy atom. The van der Waals surface area contributed by atoms with Gasteiger partial charge in [-0.3, -0.25) is 4.79 Å². The minimum Gasteiger partial charge on any atom is -0.462 e. The molecule has 3 aromatic rings. The van der Waals surface area contributed by atoms with Crippen molar-refractivity contribution in [1.29, 1.82) is 5.26 Å². The van der Waals surface area contributed by atoms with E-state index in [1.165, 1.54) is 17.2 Å². The zero-order valence-corrected chi connectivity index (χ0v) is 14.5. The number of nitrogens with zero attached hydrogens (tertiary/aromatic N) is 4. The molecule has 0 aromatic carbocycles. The first kappa shape index (κ1) is 18.7. The van der Waals surface area contributed by atoms with Crippen molar-refractivity contribution in [3.8, 4) is 17.5 Å². The van der Waals surface area contributed by atoms with Gasteiger partial charge in [-0.15, -0.1) is 0 Å². The lowest BCUT2D eigenvalue weighted by Crippen LogP contribution is -2.38. The summed E-state index contributed by atoms with van der Waals surface area (Å²) in [5.74, 6) is -1.71. The van der Waals surface area contributed by atoms with Crippen LogP contribution in [0.1, 0.15) is 11.1 Å². The second-order valence-electron chi connectivity index (χ2n) is 5.54. The number of hydrogen-bond acceptors (Lipinski definition) is 5. The molecule has 0 radical (unpaired) electrons. The molecule has 140 valence electrons. The van der Waals surface area contributed by atoms with Crippen LogP contribution in [0.25, 0.3) is 22.5 Å². The highest BCUT2D eigenvalue weighted by atomic mass is 35.5. The molecule has 0 saturated heterocycles. The van der Waals surface area contributed by atoms with Crippen molar-refractivity contribution in [2.75, 3.05) is 6.54 Å². The number of furan rings is 1. The summed E-state index contributed by atoms with van der Waals surface area (Å²) in [5, 5.41) is 11.4. The van der Waals surface area contributed by atoms with Crippen molar-refractivity contribution in [1.82, 2.24) is 19.9 Å². The van der Waals surface area contributed by atoms with Crippen molar-refractivity contribution in [2.24, 2.45) is 0 Å². The van der Waals surface area contributed by atoms with Crippen molar-refractivity contribution < 1.29 is 22.4 Å². The van der Waals surface area contributed by atoms with Crippen LogP contribution in [0, 0.1) is 18.3 Å². The molecule has 11 heteroatoms. The maximum absolute atomic E-state index is 12.4. The number of nitriles is 1. The lowest BCUT2D eigenvalue weighted by molar-refractivity contribution is -0.173. The van der Waals surface area contributed by atoms with Crippen LogP contribution in [-0.2, 0) is 11.3 Å². The number of nitrogens with one attached hydrogen (secondary N) is 1. The maximum atomic E-state index is 12.4. The third kappa shape index (κ3) is 3.33. The van der Waals surface area contributed by atoms with Gasteiger partial charge >= 0.3 is 12.1 Å². The summed E-state index contributed by atoms with van der Waals surface area (Å²) in [7, 11) is 0. The van der Waals surface area contributed by atoms with Gasteiger partial charge < -0.3 is 14.3 Å². The van der Waals surface area contributed by atoms with Gasteiger partial charge in [-0.25, -0.2) is 9.97 Å². The number of amides is 1. The van der Waals surface area contributed by atoms with Crippen LogP contribution in [0.3, 0.4) is 0 Å². The van der Waals surface area contributed by atoms with Crippen LogP contribution < -0.4 is 5.32 Å². The molecule has 0 spiro atoms. The van der Waals surface area contributed by atoms with E-state index in [2.05, 4.69) is 9.97 Å². The monoisotopic (exact) mass is 397 g/mol. The summed E-state index contributed by atoms with van der Waals surface area (Å²) >= 11 is 6.14. The van der Waals surface area contributed by atoms with Crippen LogP contribution in [0.2, 0.25) is 5.15 Å². The molecule has 0 aliphatic carbocycles. The summed E-state index contributed by atoms with van der Waals surface area (Å²) in [6, 6.07) is 3.71. The van der Waals surface area contributed by atoms with E-state index in [0.717, 1.165) is 0 Å². The molecule has 1 amide bonds. The quantitative estimate of drug-likeness (QED) is 0.682. The molecule has 1 N–H and O–H groups in total. The largest absolute Gasteiger partial charge is 0.471 e. The highest BCUT2D eigenvalue weighted by Crippen LogP contribution is 2.36. The van der Waals surface area contributed by atoms with E-state index in [1.54, 1.807) is 18.3 Å². The van der Waals surface area contributed by atoms with Crippen molar-refractivity contribution >= 4 is 28.5 Å². The lowest BCUT2D eigenvalue weighted by atomic mass is 10.1. The van der Waals surface area contributed by atoms with E-state index < -0.39 is 12.1 Å². The van der Waals surface area contributed by atoms with Gasteiger partial charge in [0.1, 0.15) is 34.7 Å². The molecule has 0 bridgehead atoms. The third-order valence-corrected chi connectivity index (χ3v) is 4.14. The Morgan fingerprint density at radius 2 is 2.19 bits per heavy atom.